The number of halogens is 1. The Balaban J connectivity index is 1.88. The Morgan fingerprint density at radius 2 is 2.06 bits per heavy atom. The minimum Gasteiger partial charge on any atom is -0.293 e. The number of ketones is 1. The number of hydrogen-bond donors (Lipinski definition) is 0. The Morgan fingerprint density at radius 1 is 1.33 bits per heavy atom. The Hall–Kier alpha value is -0.480. The van der Waals surface area contributed by atoms with Crippen LogP contribution < -0.4 is 0 Å². The topological polar surface area (TPSA) is 34.1 Å². The van der Waals surface area contributed by atoms with E-state index in [-0.39, 0.29) is 11.5 Å². The third kappa shape index (κ3) is 4.02. The van der Waals surface area contributed by atoms with Crippen LogP contribution in [0.4, 0.5) is 0 Å². The molecule has 2 rings (SSSR count). The zero-order valence-corrected chi connectivity index (χ0v) is 12.6. The number of Topliss-reactive ketones (excluding diaryl/α,β-unsaturated/α-hetero) is 1. The molecule has 0 spiro atoms. The van der Waals surface area contributed by atoms with E-state index >= 15 is 0 Å². The molecule has 98 valence electrons. The first-order valence-corrected chi connectivity index (χ1v) is 8.57. The molecule has 0 saturated heterocycles. The molecule has 1 aromatic rings. The summed E-state index contributed by atoms with van der Waals surface area (Å²) in [5, 5.41) is 0. The van der Waals surface area contributed by atoms with Crippen molar-refractivity contribution in [2.24, 2.45) is 5.92 Å². The van der Waals surface area contributed by atoms with Gasteiger partial charge in [0.1, 0.15) is 0 Å². The maximum absolute atomic E-state index is 12.0. The lowest BCUT2D eigenvalue weighted by Gasteiger charge is -2.08. The lowest BCUT2D eigenvalue weighted by atomic mass is 10.1. The summed E-state index contributed by atoms with van der Waals surface area (Å²) in [5.41, 5.74) is 0.643. The first-order chi connectivity index (χ1) is 8.65. The first kappa shape index (κ1) is 13.9. The second-order valence-electron chi connectivity index (χ2n) is 4.83. The van der Waals surface area contributed by atoms with Crippen LogP contribution in [0.1, 0.15) is 36.0 Å². The van der Waals surface area contributed by atoms with Crippen molar-refractivity contribution in [1.29, 1.82) is 0 Å². The highest BCUT2D eigenvalue weighted by atomic mass is 79.9. The van der Waals surface area contributed by atoms with Crippen molar-refractivity contribution in [1.82, 2.24) is 0 Å². The standard InChI is InChI=1S/C14H17BrO2S/c15-13-7-3-6-12(8-13)14(16)10-18(17)9-11-4-1-2-5-11/h3,6-8,11H,1-2,4-5,9-10H2. The largest absolute Gasteiger partial charge is 0.293 e. The van der Waals surface area contributed by atoms with E-state index in [1.165, 1.54) is 25.7 Å². The van der Waals surface area contributed by atoms with Crippen LogP contribution in [0.3, 0.4) is 0 Å². The minimum absolute atomic E-state index is 0.0207. The molecule has 1 aliphatic rings. The van der Waals surface area contributed by atoms with E-state index in [4.69, 9.17) is 0 Å². The van der Waals surface area contributed by atoms with E-state index in [0.717, 1.165) is 4.47 Å². The van der Waals surface area contributed by atoms with Crippen molar-refractivity contribution in [2.45, 2.75) is 25.7 Å². The van der Waals surface area contributed by atoms with Gasteiger partial charge in [0.15, 0.2) is 5.78 Å². The Bertz CT molecular complexity index is 453. The summed E-state index contributed by atoms with van der Waals surface area (Å²) in [6.45, 7) is 0. The monoisotopic (exact) mass is 328 g/mol. The molecule has 0 amide bonds. The molecule has 0 heterocycles. The van der Waals surface area contributed by atoms with Gasteiger partial charge in [0.2, 0.25) is 0 Å². The highest BCUT2D eigenvalue weighted by molar-refractivity contribution is 9.10. The molecule has 4 heteroatoms. The van der Waals surface area contributed by atoms with Crippen molar-refractivity contribution >= 4 is 32.5 Å². The number of hydrogen-bond acceptors (Lipinski definition) is 2. The van der Waals surface area contributed by atoms with E-state index in [0.29, 0.717) is 17.2 Å². The number of rotatable bonds is 5. The number of benzene rings is 1. The molecule has 0 aromatic heterocycles. The summed E-state index contributed by atoms with van der Waals surface area (Å²) in [6, 6.07) is 7.28. The molecule has 1 unspecified atom stereocenters. The first-order valence-electron chi connectivity index (χ1n) is 6.29. The average molecular weight is 329 g/mol. The van der Waals surface area contributed by atoms with Gasteiger partial charge in [-0.1, -0.05) is 40.9 Å². The Labute approximate surface area is 119 Å². The fraction of sp³-hybridized carbons (Fsp3) is 0.500. The lowest BCUT2D eigenvalue weighted by molar-refractivity contribution is 0.102. The fourth-order valence-electron chi connectivity index (χ4n) is 2.39. The second kappa shape index (κ2) is 6.62. The van der Waals surface area contributed by atoms with Gasteiger partial charge < -0.3 is 0 Å². The summed E-state index contributed by atoms with van der Waals surface area (Å²) in [4.78, 5) is 12.0. The SMILES string of the molecule is O=C(CS(=O)CC1CCCC1)c1cccc(Br)c1. The van der Waals surface area contributed by atoms with E-state index in [1.54, 1.807) is 12.1 Å². The predicted molar refractivity (Wildman–Crippen MR) is 78.3 cm³/mol. The Morgan fingerprint density at radius 3 is 2.72 bits per heavy atom. The summed E-state index contributed by atoms with van der Waals surface area (Å²) in [5.74, 6) is 1.40. The van der Waals surface area contributed by atoms with Crippen molar-refractivity contribution in [3.63, 3.8) is 0 Å². The van der Waals surface area contributed by atoms with Crippen LogP contribution in [-0.4, -0.2) is 21.5 Å². The van der Waals surface area contributed by atoms with Gasteiger partial charge in [-0.2, -0.15) is 0 Å². The van der Waals surface area contributed by atoms with Crippen LogP contribution in [0.25, 0.3) is 0 Å². The highest BCUT2D eigenvalue weighted by Gasteiger charge is 2.19. The summed E-state index contributed by atoms with van der Waals surface area (Å²) < 4.78 is 12.8. The molecule has 2 nitrogen and oxygen atoms in total. The minimum atomic E-state index is -1.01. The predicted octanol–water partition coefficient (Wildman–Crippen LogP) is 3.57. The fourth-order valence-corrected chi connectivity index (χ4v) is 4.23. The smallest absolute Gasteiger partial charge is 0.175 e. The van der Waals surface area contributed by atoms with Gasteiger partial charge in [-0.15, -0.1) is 0 Å². The molecule has 18 heavy (non-hydrogen) atoms. The maximum Gasteiger partial charge on any atom is 0.175 e. The number of carbonyl (C=O) groups excluding carboxylic acids is 1. The highest BCUT2D eigenvalue weighted by Crippen LogP contribution is 2.25. The Kier molecular flexibility index (Phi) is 5.13. The molecular weight excluding hydrogens is 312 g/mol. The van der Waals surface area contributed by atoms with E-state index in [2.05, 4.69) is 15.9 Å². The van der Waals surface area contributed by atoms with Crippen LogP contribution in [-0.2, 0) is 10.8 Å². The van der Waals surface area contributed by atoms with Gasteiger partial charge >= 0.3 is 0 Å². The average Bonchev–Trinajstić information content (AvgIpc) is 2.81. The van der Waals surface area contributed by atoms with Crippen LogP contribution >= 0.6 is 15.9 Å². The molecule has 0 radical (unpaired) electrons. The van der Waals surface area contributed by atoms with Crippen molar-refractivity contribution < 1.29 is 9.00 Å². The van der Waals surface area contributed by atoms with Gasteiger partial charge in [-0.25, -0.2) is 0 Å². The quantitative estimate of drug-likeness (QED) is 0.774. The molecule has 0 bridgehead atoms. The molecule has 1 fully saturated rings. The number of carbonyl (C=O) groups is 1. The normalized spacial score (nSPS) is 17.8. The third-order valence-corrected chi connectivity index (χ3v) is 5.26. The van der Waals surface area contributed by atoms with Crippen molar-refractivity contribution in [3.05, 3.63) is 34.3 Å². The van der Waals surface area contributed by atoms with E-state index in [9.17, 15) is 9.00 Å². The zero-order chi connectivity index (χ0) is 13.0. The summed E-state index contributed by atoms with van der Waals surface area (Å²) in [7, 11) is -1.01. The molecular formula is C14H17BrO2S. The van der Waals surface area contributed by atoms with Gasteiger partial charge in [-0.05, 0) is 30.9 Å². The van der Waals surface area contributed by atoms with Gasteiger partial charge in [0.25, 0.3) is 0 Å². The molecule has 1 aromatic carbocycles. The van der Waals surface area contributed by atoms with Crippen LogP contribution in [0.15, 0.2) is 28.7 Å². The van der Waals surface area contributed by atoms with Gasteiger partial charge in [0.05, 0.1) is 5.75 Å². The van der Waals surface area contributed by atoms with Crippen molar-refractivity contribution in [2.75, 3.05) is 11.5 Å². The molecule has 1 aliphatic carbocycles. The summed E-state index contributed by atoms with van der Waals surface area (Å²) in [6.07, 6.45) is 4.86. The maximum atomic E-state index is 12.0. The van der Waals surface area contributed by atoms with Crippen LogP contribution in [0, 0.1) is 5.92 Å². The molecule has 0 N–H and O–H groups in total. The molecule has 0 aliphatic heterocycles. The van der Waals surface area contributed by atoms with E-state index in [1.807, 2.05) is 12.1 Å². The summed E-state index contributed by atoms with van der Waals surface area (Å²) >= 11 is 3.34. The lowest BCUT2D eigenvalue weighted by Crippen LogP contribution is -2.17. The van der Waals surface area contributed by atoms with Crippen molar-refractivity contribution in [3.8, 4) is 0 Å². The van der Waals surface area contributed by atoms with Crippen LogP contribution in [0.2, 0.25) is 0 Å². The zero-order valence-electron chi connectivity index (χ0n) is 10.2. The van der Waals surface area contributed by atoms with Crippen LogP contribution in [0.5, 0.6) is 0 Å². The van der Waals surface area contributed by atoms with Gasteiger partial charge in [-0.3, -0.25) is 9.00 Å². The van der Waals surface area contributed by atoms with E-state index < -0.39 is 10.8 Å². The molecule has 1 saturated carbocycles. The second-order valence-corrected chi connectivity index (χ2v) is 7.25. The molecule has 1 atom stereocenters. The van der Waals surface area contributed by atoms with Gasteiger partial charge in [0, 0.05) is 26.6 Å². The third-order valence-electron chi connectivity index (χ3n) is 3.34.